The third-order valence-electron chi connectivity index (χ3n) is 2.64. The minimum absolute atomic E-state index is 0.362. The topological polar surface area (TPSA) is 33.2 Å². The summed E-state index contributed by atoms with van der Waals surface area (Å²) in [6.07, 6.45) is 3.10. The summed E-state index contributed by atoms with van der Waals surface area (Å²) in [4.78, 5) is 17.7. The van der Waals surface area contributed by atoms with Gasteiger partial charge in [-0.2, -0.15) is 0 Å². The molecule has 0 aromatic carbocycles. The Morgan fingerprint density at radius 2 is 2.07 bits per heavy atom. The molecule has 1 aromatic rings. The number of anilines is 1. The largest absolute Gasteiger partial charge is 0.356 e. The molecule has 0 amide bonds. The molecule has 4 heteroatoms. The number of ketones is 1. The van der Waals surface area contributed by atoms with Crippen molar-refractivity contribution in [2.45, 2.75) is 19.8 Å². The van der Waals surface area contributed by atoms with Crippen molar-refractivity contribution >= 4 is 27.5 Å². The molecule has 0 N–H and O–H groups in total. The molecular weight excluding hydrogens is 256 g/mol. The Morgan fingerprint density at radius 1 is 1.40 bits per heavy atom. The molecule has 2 rings (SSSR count). The van der Waals surface area contributed by atoms with Crippen molar-refractivity contribution in [2.24, 2.45) is 0 Å². The van der Waals surface area contributed by atoms with Crippen LogP contribution in [0.25, 0.3) is 0 Å². The lowest BCUT2D eigenvalue weighted by atomic mass is 10.1. The molecule has 1 aromatic heterocycles. The summed E-state index contributed by atoms with van der Waals surface area (Å²) >= 11 is 3.39. The SMILES string of the molecule is Cc1cc(Br)cnc1N1CCC(=O)CC1. The number of carbonyl (C=O) groups excluding carboxylic acids is 1. The van der Waals surface area contributed by atoms with E-state index >= 15 is 0 Å². The second-order valence-corrected chi connectivity index (χ2v) is 4.74. The van der Waals surface area contributed by atoms with E-state index in [0.29, 0.717) is 18.6 Å². The van der Waals surface area contributed by atoms with Crippen LogP contribution in [0.3, 0.4) is 0 Å². The van der Waals surface area contributed by atoms with Crippen LogP contribution < -0.4 is 4.90 Å². The molecule has 1 aliphatic rings. The maximum absolute atomic E-state index is 11.1. The summed E-state index contributed by atoms with van der Waals surface area (Å²) in [5, 5.41) is 0. The molecule has 3 nitrogen and oxygen atoms in total. The highest BCUT2D eigenvalue weighted by atomic mass is 79.9. The van der Waals surface area contributed by atoms with Crippen LogP contribution in [0, 0.1) is 6.92 Å². The number of halogens is 1. The van der Waals surface area contributed by atoms with E-state index in [1.807, 2.05) is 6.92 Å². The van der Waals surface area contributed by atoms with Gasteiger partial charge in [-0.1, -0.05) is 0 Å². The van der Waals surface area contributed by atoms with Gasteiger partial charge in [-0.15, -0.1) is 0 Å². The van der Waals surface area contributed by atoms with Gasteiger partial charge in [-0.25, -0.2) is 4.98 Å². The lowest BCUT2D eigenvalue weighted by Gasteiger charge is -2.28. The van der Waals surface area contributed by atoms with Gasteiger partial charge in [0.2, 0.25) is 0 Å². The van der Waals surface area contributed by atoms with Crippen LogP contribution >= 0.6 is 15.9 Å². The smallest absolute Gasteiger partial charge is 0.136 e. The quantitative estimate of drug-likeness (QED) is 0.784. The zero-order chi connectivity index (χ0) is 10.8. The van der Waals surface area contributed by atoms with Crippen LogP contribution in [0.4, 0.5) is 5.82 Å². The molecule has 0 atom stereocenters. The fraction of sp³-hybridized carbons (Fsp3) is 0.455. The Morgan fingerprint density at radius 3 is 2.67 bits per heavy atom. The number of pyridine rings is 1. The first kappa shape index (κ1) is 10.6. The Bertz CT molecular complexity index is 382. The summed E-state index contributed by atoms with van der Waals surface area (Å²) in [5.41, 5.74) is 1.15. The predicted molar refractivity (Wildman–Crippen MR) is 63.1 cm³/mol. The first-order valence-corrected chi connectivity index (χ1v) is 5.85. The first-order valence-electron chi connectivity index (χ1n) is 5.05. The third kappa shape index (κ3) is 2.37. The summed E-state index contributed by atoms with van der Waals surface area (Å²) in [5.74, 6) is 1.37. The van der Waals surface area contributed by atoms with Crippen molar-refractivity contribution in [3.63, 3.8) is 0 Å². The Balaban J connectivity index is 2.19. The van der Waals surface area contributed by atoms with E-state index in [4.69, 9.17) is 0 Å². The van der Waals surface area contributed by atoms with E-state index in [1.165, 1.54) is 0 Å². The van der Waals surface area contributed by atoms with Crippen LogP contribution in [-0.4, -0.2) is 23.9 Å². The molecule has 0 radical (unpaired) electrons. The van der Waals surface area contributed by atoms with Crippen molar-refractivity contribution in [1.82, 2.24) is 4.98 Å². The van der Waals surface area contributed by atoms with Gasteiger partial charge in [-0.05, 0) is 34.5 Å². The standard InChI is InChI=1S/C11H13BrN2O/c1-8-6-9(12)7-13-11(8)14-4-2-10(15)3-5-14/h6-7H,2-5H2,1H3. The number of piperidine rings is 1. The van der Waals surface area contributed by atoms with Crippen LogP contribution in [0.15, 0.2) is 16.7 Å². The number of hydrogen-bond acceptors (Lipinski definition) is 3. The fourth-order valence-corrected chi connectivity index (χ4v) is 2.28. The number of Topliss-reactive ketones (excluding diaryl/α,β-unsaturated/α-hetero) is 1. The molecule has 1 saturated heterocycles. The molecule has 1 fully saturated rings. The summed E-state index contributed by atoms with van der Waals surface area (Å²) in [6.45, 7) is 3.64. The number of aryl methyl sites for hydroxylation is 1. The number of hydrogen-bond donors (Lipinski definition) is 0. The molecule has 0 spiro atoms. The summed E-state index contributed by atoms with van der Waals surface area (Å²) in [6, 6.07) is 2.05. The zero-order valence-electron chi connectivity index (χ0n) is 8.66. The predicted octanol–water partition coefficient (Wildman–Crippen LogP) is 2.32. The van der Waals surface area contributed by atoms with E-state index in [9.17, 15) is 4.79 Å². The van der Waals surface area contributed by atoms with E-state index < -0.39 is 0 Å². The lowest BCUT2D eigenvalue weighted by molar-refractivity contribution is -0.119. The van der Waals surface area contributed by atoms with Crippen molar-refractivity contribution in [3.8, 4) is 0 Å². The van der Waals surface area contributed by atoms with Gasteiger partial charge in [0.1, 0.15) is 11.6 Å². The highest BCUT2D eigenvalue weighted by molar-refractivity contribution is 9.10. The van der Waals surface area contributed by atoms with Crippen LogP contribution in [0.2, 0.25) is 0 Å². The van der Waals surface area contributed by atoms with E-state index in [2.05, 4.69) is 31.9 Å². The highest BCUT2D eigenvalue weighted by Crippen LogP contribution is 2.22. The highest BCUT2D eigenvalue weighted by Gasteiger charge is 2.18. The molecule has 0 bridgehead atoms. The number of aromatic nitrogens is 1. The minimum atomic E-state index is 0.362. The van der Waals surface area contributed by atoms with E-state index in [1.54, 1.807) is 6.20 Å². The molecule has 80 valence electrons. The molecule has 0 saturated carbocycles. The molecule has 2 heterocycles. The maximum atomic E-state index is 11.1. The molecule has 1 aliphatic heterocycles. The van der Waals surface area contributed by atoms with Crippen molar-refractivity contribution in [2.75, 3.05) is 18.0 Å². The van der Waals surface area contributed by atoms with Crippen molar-refractivity contribution in [3.05, 3.63) is 22.3 Å². The monoisotopic (exact) mass is 268 g/mol. The van der Waals surface area contributed by atoms with Crippen LogP contribution in [0.5, 0.6) is 0 Å². The first-order chi connectivity index (χ1) is 7.16. The molecule has 0 aliphatic carbocycles. The van der Waals surface area contributed by atoms with Gasteiger partial charge in [-0.3, -0.25) is 4.79 Å². The lowest BCUT2D eigenvalue weighted by Crippen LogP contribution is -2.34. The van der Waals surface area contributed by atoms with E-state index in [-0.39, 0.29) is 0 Å². The van der Waals surface area contributed by atoms with Crippen molar-refractivity contribution < 1.29 is 4.79 Å². The zero-order valence-corrected chi connectivity index (χ0v) is 10.2. The molecular formula is C11H13BrN2O. The van der Waals surface area contributed by atoms with Gasteiger partial charge >= 0.3 is 0 Å². The molecule has 0 unspecified atom stereocenters. The number of rotatable bonds is 1. The average Bonchev–Trinajstić information content (AvgIpc) is 2.20. The Hall–Kier alpha value is -0.900. The van der Waals surface area contributed by atoms with Gasteiger partial charge in [0.05, 0.1) is 0 Å². The van der Waals surface area contributed by atoms with Gasteiger partial charge in [0, 0.05) is 36.6 Å². The summed E-state index contributed by atoms with van der Waals surface area (Å²) in [7, 11) is 0. The fourth-order valence-electron chi connectivity index (χ4n) is 1.83. The van der Waals surface area contributed by atoms with Gasteiger partial charge < -0.3 is 4.90 Å². The maximum Gasteiger partial charge on any atom is 0.136 e. The van der Waals surface area contributed by atoms with Crippen LogP contribution in [0.1, 0.15) is 18.4 Å². The number of carbonyl (C=O) groups is 1. The summed E-state index contributed by atoms with van der Waals surface area (Å²) < 4.78 is 0.997. The second kappa shape index (κ2) is 4.31. The normalized spacial score (nSPS) is 16.9. The van der Waals surface area contributed by atoms with Crippen LogP contribution in [-0.2, 0) is 4.79 Å². The van der Waals surface area contributed by atoms with Gasteiger partial charge in [0.15, 0.2) is 0 Å². The average molecular weight is 269 g/mol. The van der Waals surface area contributed by atoms with Gasteiger partial charge in [0.25, 0.3) is 0 Å². The Kier molecular flexibility index (Phi) is 3.05. The second-order valence-electron chi connectivity index (χ2n) is 3.82. The number of nitrogens with zero attached hydrogens (tertiary/aromatic N) is 2. The molecule has 15 heavy (non-hydrogen) atoms. The minimum Gasteiger partial charge on any atom is -0.356 e. The van der Waals surface area contributed by atoms with Crippen molar-refractivity contribution in [1.29, 1.82) is 0 Å². The Labute approximate surface area is 97.6 Å². The third-order valence-corrected chi connectivity index (χ3v) is 3.07. The van der Waals surface area contributed by atoms with E-state index in [0.717, 1.165) is 28.9 Å².